The number of carboxylic acid groups (broad SMARTS) is 1. The van der Waals surface area contributed by atoms with Gasteiger partial charge in [-0.15, -0.1) is 11.6 Å². The van der Waals surface area contributed by atoms with E-state index in [0.29, 0.717) is 12.8 Å². The molecule has 1 saturated heterocycles. The highest BCUT2D eigenvalue weighted by molar-refractivity contribution is 6.31. The Kier molecular flexibility index (Phi) is 5.30. The summed E-state index contributed by atoms with van der Waals surface area (Å²) in [7, 11) is 0. The van der Waals surface area contributed by atoms with E-state index in [2.05, 4.69) is 4.90 Å². The van der Waals surface area contributed by atoms with Crippen molar-refractivity contribution in [1.82, 2.24) is 4.90 Å². The van der Waals surface area contributed by atoms with Gasteiger partial charge in [-0.25, -0.2) is 0 Å². The number of alkyl halides is 1. The van der Waals surface area contributed by atoms with Gasteiger partial charge in [0, 0.05) is 11.6 Å². The number of carbonyl (C=O) groups is 1. The molecule has 0 aliphatic carbocycles. The van der Waals surface area contributed by atoms with Crippen molar-refractivity contribution < 1.29 is 9.90 Å². The maximum Gasteiger partial charge on any atom is 0.306 e. The third-order valence-corrected chi connectivity index (χ3v) is 4.71. The fourth-order valence-corrected chi connectivity index (χ4v) is 3.01. The predicted octanol–water partition coefficient (Wildman–Crippen LogP) is 3.72. The van der Waals surface area contributed by atoms with Crippen LogP contribution in [0.15, 0.2) is 18.2 Å². The van der Waals surface area contributed by atoms with Crippen LogP contribution in [-0.2, 0) is 4.79 Å². The number of halogens is 2. The van der Waals surface area contributed by atoms with Gasteiger partial charge in [-0.05, 0) is 50.0 Å². The van der Waals surface area contributed by atoms with Crippen molar-refractivity contribution in [2.24, 2.45) is 5.92 Å². The molecule has 5 heteroatoms. The van der Waals surface area contributed by atoms with E-state index in [1.54, 1.807) is 0 Å². The largest absolute Gasteiger partial charge is 0.481 e. The SMILES string of the molecule is Cc1cc(C(Cl)CN2CCC(C(=O)O)CC2)ccc1Cl. The highest BCUT2D eigenvalue weighted by atomic mass is 35.5. The van der Waals surface area contributed by atoms with Crippen molar-refractivity contribution in [3.05, 3.63) is 34.3 Å². The fraction of sp³-hybridized carbons (Fsp3) is 0.533. The highest BCUT2D eigenvalue weighted by Crippen LogP contribution is 2.27. The van der Waals surface area contributed by atoms with Crippen LogP contribution >= 0.6 is 23.2 Å². The van der Waals surface area contributed by atoms with E-state index in [9.17, 15) is 4.79 Å². The molecule has 1 aliphatic rings. The number of carboxylic acids is 1. The summed E-state index contributed by atoms with van der Waals surface area (Å²) in [5.41, 5.74) is 2.09. The van der Waals surface area contributed by atoms with Gasteiger partial charge in [0.15, 0.2) is 0 Å². The number of aliphatic carboxylic acids is 1. The molecule has 1 N–H and O–H groups in total. The summed E-state index contributed by atoms with van der Waals surface area (Å²) in [5.74, 6) is -0.877. The van der Waals surface area contributed by atoms with Crippen LogP contribution in [0.25, 0.3) is 0 Å². The van der Waals surface area contributed by atoms with Gasteiger partial charge in [0.1, 0.15) is 0 Å². The normalized spacial score (nSPS) is 18.9. The summed E-state index contributed by atoms with van der Waals surface area (Å²) in [6.07, 6.45) is 1.41. The summed E-state index contributed by atoms with van der Waals surface area (Å²) >= 11 is 12.5. The van der Waals surface area contributed by atoms with Gasteiger partial charge in [-0.2, -0.15) is 0 Å². The molecule has 0 amide bonds. The highest BCUT2D eigenvalue weighted by Gasteiger charge is 2.25. The van der Waals surface area contributed by atoms with Crippen LogP contribution in [0.1, 0.15) is 29.3 Å². The van der Waals surface area contributed by atoms with Gasteiger partial charge < -0.3 is 10.0 Å². The Labute approximate surface area is 129 Å². The van der Waals surface area contributed by atoms with Crippen molar-refractivity contribution in [2.75, 3.05) is 19.6 Å². The molecule has 0 saturated carbocycles. The Hall–Kier alpha value is -0.770. The van der Waals surface area contributed by atoms with Gasteiger partial charge in [-0.1, -0.05) is 23.7 Å². The standard InChI is InChI=1S/C15H19Cl2NO2/c1-10-8-12(2-3-13(10)16)14(17)9-18-6-4-11(5-7-18)15(19)20/h2-3,8,11,14H,4-7,9H2,1H3,(H,19,20). The first-order chi connectivity index (χ1) is 9.47. The smallest absolute Gasteiger partial charge is 0.306 e. The first-order valence-electron chi connectivity index (χ1n) is 6.82. The Bertz CT molecular complexity index is 485. The molecule has 110 valence electrons. The van der Waals surface area contributed by atoms with E-state index >= 15 is 0 Å². The van der Waals surface area contributed by atoms with Crippen LogP contribution in [0.3, 0.4) is 0 Å². The van der Waals surface area contributed by atoms with Gasteiger partial charge >= 0.3 is 5.97 Å². The van der Waals surface area contributed by atoms with Crippen LogP contribution in [0.4, 0.5) is 0 Å². The Morgan fingerprint density at radius 2 is 2.10 bits per heavy atom. The molecule has 1 heterocycles. The lowest BCUT2D eigenvalue weighted by Crippen LogP contribution is -2.37. The second-order valence-electron chi connectivity index (χ2n) is 5.39. The number of likely N-dealkylation sites (tertiary alicyclic amines) is 1. The van der Waals surface area contributed by atoms with Crippen LogP contribution < -0.4 is 0 Å². The third-order valence-electron chi connectivity index (χ3n) is 3.90. The average Bonchev–Trinajstić information content (AvgIpc) is 2.42. The number of piperidine rings is 1. The van der Waals surface area contributed by atoms with E-state index < -0.39 is 5.97 Å². The molecule has 2 rings (SSSR count). The lowest BCUT2D eigenvalue weighted by molar-refractivity contribution is -0.143. The van der Waals surface area contributed by atoms with Crippen LogP contribution in [0, 0.1) is 12.8 Å². The zero-order valence-corrected chi connectivity index (χ0v) is 13.0. The molecule has 1 atom stereocenters. The molecule has 0 aromatic heterocycles. The number of benzene rings is 1. The topological polar surface area (TPSA) is 40.5 Å². The second-order valence-corrected chi connectivity index (χ2v) is 6.32. The Morgan fingerprint density at radius 1 is 1.45 bits per heavy atom. The molecule has 3 nitrogen and oxygen atoms in total. The summed E-state index contributed by atoms with van der Waals surface area (Å²) in [5, 5.41) is 9.64. The van der Waals surface area contributed by atoms with E-state index in [1.807, 2.05) is 25.1 Å². The van der Waals surface area contributed by atoms with Gasteiger partial charge in [0.25, 0.3) is 0 Å². The molecule has 0 bridgehead atoms. The summed E-state index contributed by atoms with van der Waals surface area (Å²) in [6.45, 7) is 4.31. The van der Waals surface area contributed by atoms with E-state index in [1.165, 1.54) is 0 Å². The number of hydrogen-bond acceptors (Lipinski definition) is 2. The Morgan fingerprint density at radius 3 is 2.65 bits per heavy atom. The third kappa shape index (κ3) is 3.87. The first-order valence-corrected chi connectivity index (χ1v) is 7.64. The lowest BCUT2D eigenvalue weighted by atomic mass is 9.97. The van der Waals surface area contributed by atoms with E-state index in [4.69, 9.17) is 28.3 Å². The van der Waals surface area contributed by atoms with Crippen molar-refractivity contribution in [3.8, 4) is 0 Å². The van der Waals surface area contributed by atoms with Crippen molar-refractivity contribution in [2.45, 2.75) is 25.1 Å². The number of hydrogen-bond donors (Lipinski definition) is 1. The zero-order valence-electron chi connectivity index (χ0n) is 11.5. The van der Waals surface area contributed by atoms with Crippen LogP contribution in [-0.4, -0.2) is 35.6 Å². The van der Waals surface area contributed by atoms with E-state index in [-0.39, 0.29) is 11.3 Å². The molecular formula is C15H19Cl2NO2. The lowest BCUT2D eigenvalue weighted by Gasteiger charge is -2.31. The number of rotatable bonds is 4. The average molecular weight is 316 g/mol. The minimum absolute atomic E-state index is 0.0904. The maximum atomic E-state index is 10.9. The predicted molar refractivity (Wildman–Crippen MR) is 81.6 cm³/mol. The number of nitrogens with zero attached hydrogens (tertiary/aromatic N) is 1. The maximum absolute atomic E-state index is 10.9. The first kappa shape index (κ1) is 15.6. The molecule has 0 radical (unpaired) electrons. The summed E-state index contributed by atoms with van der Waals surface area (Å²) < 4.78 is 0. The minimum atomic E-state index is -0.680. The number of aryl methyl sites for hydroxylation is 1. The van der Waals surface area contributed by atoms with Gasteiger partial charge in [-0.3, -0.25) is 4.79 Å². The Balaban J connectivity index is 1.90. The second kappa shape index (κ2) is 6.79. The van der Waals surface area contributed by atoms with Gasteiger partial charge in [0.05, 0.1) is 11.3 Å². The van der Waals surface area contributed by atoms with Gasteiger partial charge in [0.2, 0.25) is 0 Å². The van der Waals surface area contributed by atoms with E-state index in [0.717, 1.165) is 35.8 Å². The molecule has 1 fully saturated rings. The van der Waals surface area contributed by atoms with Crippen molar-refractivity contribution in [3.63, 3.8) is 0 Å². The molecular weight excluding hydrogens is 297 g/mol. The molecule has 1 aromatic carbocycles. The molecule has 20 heavy (non-hydrogen) atoms. The summed E-state index contributed by atoms with van der Waals surface area (Å²) in [6, 6.07) is 5.85. The summed E-state index contributed by atoms with van der Waals surface area (Å²) in [4.78, 5) is 13.2. The molecule has 1 unspecified atom stereocenters. The zero-order chi connectivity index (χ0) is 14.7. The molecule has 1 aromatic rings. The van der Waals surface area contributed by atoms with Crippen LogP contribution in [0.2, 0.25) is 5.02 Å². The van der Waals surface area contributed by atoms with Crippen molar-refractivity contribution in [1.29, 1.82) is 0 Å². The minimum Gasteiger partial charge on any atom is -0.481 e. The monoisotopic (exact) mass is 315 g/mol. The molecule has 0 spiro atoms. The van der Waals surface area contributed by atoms with Crippen LogP contribution in [0.5, 0.6) is 0 Å². The molecule has 1 aliphatic heterocycles. The van der Waals surface area contributed by atoms with Crippen molar-refractivity contribution >= 4 is 29.2 Å². The quantitative estimate of drug-likeness (QED) is 0.861. The fourth-order valence-electron chi connectivity index (χ4n) is 2.56.